The van der Waals surface area contributed by atoms with Crippen LogP contribution in [0.5, 0.6) is 0 Å². The molecule has 1 fully saturated rings. The lowest BCUT2D eigenvalue weighted by molar-refractivity contribution is 0.0790. The summed E-state index contributed by atoms with van der Waals surface area (Å²) in [7, 11) is 1.88. The Bertz CT molecular complexity index is 332. The van der Waals surface area contributed by atoms with Gasteiger partial charge in [0.15, 0.2) is 0 Å². The lowest BCUT2D eigenvalue weighted by atomic mass is 10.4. The first-order chi connectivity index (χ1) is 6.18. The van der Waals surface area contributed by atoms with Crippen molar-refractivity contribution in [1.29, 1.82) is 0 Å². The second-order valence-corrected chi connectivity index (χ2v) is 5.10. The fourth-order valence-corrected chi connectivity index (χ4v) is 2.63. The SMILES string of the molecule is CN(C(=O)c1cc(Br)cs1)C1CC1. The first-order valence-electron chi connectivity index (χ1n) is 4.19. The van der Waals surface area contributed by atoms with E-state index >= 15 is 0 Å². The molecule has 0 bridgehead atoms. The van der Waals surface area contributed by atoms with Crippen LogP contribution in [0.3, 0.4) is 0 Å². The van der Waals surface area contributed by atoms with E-state index in [1.165, 1.54) is 11.3 Å². The molecule has 13 heavy (non-hydrogen) atoms. The number of nitrogens with zero attached hydrogens (tertiary/aromatic N) is 1. The Hall–Kier alpha value is -0.350. The zero-order chi connectivity index (χ0) is 9.42. The molecule has 0 saturated heterocycles. The standard InChI is InChI=1S/C9H10BrNOS/c1-11(7-2-3-7)9(12)8-4-6(10)5-13-8/h4-5,7H,2-3H2,1H3. The molecule has 0 aliphatic heterocycles. The summed E-state index contributed by atoms with van der Waals surface area (Å²) in [6, 6.07) is 2.37. The van der Waals surface area contributed by atoms with Crippen LogP contribution in [-0.2, 0) is 0 Å². The van der Waals surface area contributed by atoms with Crippen LogP contribution in [0.25, 0.3) is 0 Å². The van der Waals surface area contributed by atoms with Gasteiger partial charge in [-0.3, -0.25) is 4.79 Å². The maximum atomic E-state index is 11.8. The molecule has 0 atom stereocenters. The number of halogens is 1. The van der Waals surface area contributed by atoms with E-state index in [0.717, 1.165) is 22.2 Å². The molecular formula is C9H10BrNOS. The number of carbonyl (C=O) groups is 1. The van der Waals surface area contributed by atoms with E-state index in [-0.39, 0.29) is 5.91 Å². The monoisotopic (exact) mass is 259 g/mol. The van der Waals surface area contributed by atoms with Crippen LogP contribution >= 0.6 is 27.3 Å². The molecule has 0 aromatic carbocycles. The van der Waals surface area contributed by atoms with Crippen molar-refractivity contribution in [3.8, 4) is 0 Å². The van der Waals surface area contributed by atoms with Crippen molar-refractivity contribution < 1.29 is 4.79 Å². The van der Waals surface area contributed by atoms with Crippen LogP contribution in [0.2, 0.25) is 0 Å². The van der Waals surface area contributed by atoms with E-state index in [1.54, 1.807) is 0 Å². The highest BCUT2D eigenvalue weighted by molar-refractivity contribution is 9.10. The molecule has 1 aliphatic rings. The zero-order valence-electron chi connectivity index (χ0n) is 7.29. The van der Waals surface area contributed by atoms with E-state index < -0.39 is 0 Å². The van der Waals surface area contributed by atoms with Crippen LogP contribution < -0.4 is 0 Å². The molecule has 70 valence electrons. The maximum Gasteiger partial charge on any atom is 0.263 e. The first kappa shape index (κ1) is 9.21. The van der Waals surface area contributed by atoms with E-state index in [2.05, 4.69) is 15.9 Å². The van der Waals surface area contributed by atoms with Gasteiger partial charge in [-0.05, 0) is 34.8 Å². The average molecular weight is 260 g/mol. The number of rotatable bonds is 2. The summed E-state index contributed by atoms with van der Waals surface area (Å²) in [4.78, 5) is 14.4. The number of hydrogen-bond donors (Lipinski definition) is 0. The third kappa shape index (κ3) is 1.94. The Morgan fingerprint density at radius 1 is 1.69 bits per heavy atom. The minimum absolute atomic E-state index is 0.151. The molecule has 0 spiro atoms. The van der Waals surface area contributed by atoms with Gasteiger partial charge in [-0.2, -0.15) is 0 Å². The molecular weight excluding hydrogens is 250 g/mol. The summed E-state index contributed by atoms with van der Waals surface area (Å²) < 4.78 is 0.991. The van der Waals surface area contributed by atoms with Crippen molar-refractivity contribution in [2.45, 2.75) is 18.9 Å². The van der Waals surface area contributed by atoms with Gasteiger partial charge in [-0.25, -0.2) is 0 Å². The second-order valence-electron chi connectivity index (χ2n) is 3.28. The fourth-order valence-electron chi connectivity index (χ4n) is 1.23. The Morgan fingerprint density at radius 3 is 2.85 bits per heavy atom. The van der Waals surface area contributed by atoms with Gasteiger partial charge in [0, 0.05) is 22.9 Å². The largest absolute Gasteiger partial charge is 0.338 e. The lowest BCUT2D eigenvalue weighted by Crippen LogP contribution is -2.27. The number of thiophene rings is 1. The fraction of sp³-hybridized carbons (Fsp3) is 0.444. The summed E-state index contributed by atoms with van der Waals surface area (Å²) >= 11 is 4.83. The summed E-state index contributed by atoms with van der Waals surface area (Å²) in [5, 5.41) is 1.94. The Kier molecular flexibility index (Phi) is 2.43. The van der Waals surface area contributed by atoms with Crippen molar-refractivity contribution in [3.05, 3.63) is 20.8 Å². The summed E-state index contributed by atoms with van der Waals surface area (Å²) in [5.41, 5.74) is 0. The van der Waals surface area contributed by atoms with Crippen LogP contribution in [0, 0.1) is 0 Å². The van der Waals surface area contributed by atoms with Gasteiger partial charge in [0.1, 0.15) is 0 Å². The van der Waals surface area contributed by atoms with Crippen LogP contribution in [0.15, 0.2) is 15.9 Å². The first-order valence-corrected chi connectivity index (χ1v) is 5.87. The van der Waals surface area contributed by atoms with Gasteiger partial charge in [-0.1, -0.05) is 0 Å². The minimum Gasteiger partial charge on any atom is -0.338 e. The topological polar surface area (TPSA) is 20.3 Å². The quantitative estimate of drug-likeness (QED) is 0.800. The molecule has 0 radical (unpaired) electrons. The van der Waals surface area contributed by atoms with Gasteiger partial charge >= 0.3 is 0 Å². The number of carbonyl (C=O) groups excluding carboxylic acids is 1. The molecule has 0 unspecified atom stereocenters. The molecule has 1 amide bonds. The van der Waals surface area contributed by atoms with E-state index in [0.29, 0.717) is 6.04 Å². The van der Waals surface area contributed by atoms with Crippen molar-refractivity contribution in [3.63, 3.8) is 0 Å². The summed E-state index contributed by atoms with van der Waals surface area (Å²) in [6.45, 7) is 0. The van der Waals surface area contributed by atoms with Gasteiger partial charge < -0.3 is 4.90 Å². The van der Waals surface area contributed by atoms with E-state index in [4.69, 9.17) is 0 Å². The summed E-state index contributed by atoms with van der Waals surface area (Å²) in [5.74, 6) is 0.151. The maximum absolute atomic E-state index is 11.8. The Balaban J connectivity index is 2.11. The smallest absolute Gasteiger partial charge is 0.263 e. The van der Waals surface area contributed by atoms with Crippen molar-refractivity contribution in [2.75, 3.05) is 7.05 Å². The molecule has 1 heterocycles. The third-order valence-corrected chi connectivity index (χ3v) is 3.87. The summed E-state index contributed by atoms with van der Waals surface area (Å²) in [6.07, 6.45) is 2.32. The normalized spacial score (nSPS) is 15.8. The Morgan fingerprint density at radius 2 is 2.38 bits per heavy atom. The number of amides is 1. The zero-order valence-corrected chi connectivity index (χ0v) is 9.69. The molecule has 4 heteroatoms. The predicted molar refractivity (Wildman–Crippen MR) is 57.1 cm³/mol. The average Bonchev–Trinajstić information content (AvgIpc) is 2.87. The van der Waals surface area contributed by atoms with Crippen LogP contribution in [-0.4, -0.2) is 23.9 Å². The van der Waals surface area contributed by atoms with Gasteiger partial charge in [0.05, 0.1) is 4.88 Å². The number of hydrogen-bond acceptors (Lipinski definition) is 2. The molecule has 1 aromatic heterocycles. The van der Waals surface area contributed by atoms with Crippen molar-refractivity contribution >= 4 is 33.2 Å². The highest BCUT2D eigenvalue weighted by atomic mass is 79.9. The van der Waals surface area contributed by atoms with E-state index in [9.17, 15) is 4.79 Å². The van der Waals surface area contributed by atoms with E-state index in [1.807, 2.05) is 23.4 Å². The molecule has 0 N–H and O–H groups in total. The molecule has 2 rings (SSSR count). The van der Waals surface area contributed by atoms with Crippen molar-refractivity contribution in [1.82, 2.24) is 4.90 Å². The predicted octanol–water partition coefficient (Wildman–Crippen LogP) is 2.75. The molecule has 1 aliphatic carbocycles. The Labute approximate surface area is 89.7 Å². The minimum atomic E-state index is 0.151. The highest BCUT2D eigenvalue weighted by Crippen LogP contribution is 2.28. The molecule has 2 nitrogen and oxygen atoms in total. The van der Waals surface area contributed by atoms with Crippen LogP contribution in [0.1, 0.15) is 22.5 Å². The third-order valence-electron chi connectivity index (χ3n) is 2.19. The van der Waals surface area contributed by atoms with Gasteiger partial charge in [0.2, 0.25) is 0 Å². The molecule has 1 aromatic rings. The van der Waals surface area contributed by atoms with Gasteiger partial charge in [-0.15, -0.1) is 11.3 Å². The highest BCUT2D eigenvalue weighted by Gasteiger charge is 2.30. The van der Waals surface area contributed by atoms with Crippen LogP contribution in [0.4, 0.5) is 0 Å². The lowest BCUT2D eigenvalue weighted by Gasteiger charge is -2.14. The van der Waals surface area contributed by atoms with Crippen molar-refractivity contribution in [2.24, 2.45) is 0 Å². The molecule has 1 saturated carbocycles. The second kappa shape index (κ2) is 3.42. The van der Waals surface area contributed by atoms with Gasteiger partial charge in [0.25, 0.3) is 5.91 Å².